The molecule has 3 N–H and O–H groups in total. The molecule has 3 heterocycles. The van der Waals surface area contributed by atoms with Gasteiger partial charge in [0.1, 0.15) is 6.23 Å². The molecule has 4 atom stereocenters. The quantitative estimate of drug-likeness (QED) is 0.740. The van der Waals surface area contributed by atoms with Crippen LogP contribution >= 0.6 is 0 Å². The number of rotatable bonds is 4. The fourth-order valence-electron chi connectivity index (χ4n) is 3.12. The van der Waals surface area contributed by atoms with Gasteiger partial charge in [0.05, 0.1) is 18.5 Å². The minimum atomic E-state index is -0.603. The van der Waals surface area contributed by atoms with E-state index >= 15 is 0 Å². The molecule has 0 aliphatic carbocycles. The number of fused-ring (bicyclic) bond motifs is 1. The summed E-state index contributed by atoms with van der Waals surface area (Å²) in [6.45, 7) is 6.53. The maximum Gasteiger partial charge on any atom is 0.233 e. The molecular formula is C16H22N6O4. The van der Waals surface area contributed by atoms with Crippen LogP contribution in [0.5, 0.6) is 0 Å². The third kappa shape index (κ3) is 3.25. The van der Waals surface area contributed by atoms with Crippen molar-refractivity contribution in [2.45, 2.75) is 52.6 Å². The maximum atomic E-state index is 11.5. The van der Waals surface area contributed by atoms with Crippen molar-refractivity contribution in [2.24, 2.45) is 5.92 Å². The second kappa shape index (κ2) is 6.96. The number of ether oxygens (including phenoxy) is 1. The highest BCUT2D eigenvalue weighted by Crippen LogP contribution is 2.37. The molecular weight excluding hydrogens is 340 g/mol. The number of aromatic nitrogens is 4. The Kier molecular flexibility index (Phi) is 4.88. The van der Waals surface area contributed by atoms with Crippen molar-refractivity contribution < 1.29 is 19.4 Å². The van der Waals surface area contributed by atoms with E-state index in [1.807, 2.05) is 13.8 Å². The molecule has 1 saturated heterocycles. The predicted octanol–water partition coefficient (Wildman–Crippen LogP) is 1.05. The normalized spacial score (nSPS) is 25.4. The number of hydrogen-bond acceptors (Lipinski definition) is 7. The molecule has 0 aromatic carbocycles. The van der Waals surface area contributed by atoms with E-state index < -0.39 is 12.3 Å². The molecule has 0 radical (unpaired) electrons. The Hall–Kier alpha value is -2.59. The first-order chi connectivity index (χ1) is 12.3. The lowest BCUT2D eigenvalue weighted by atomic mass is 10.0. The van der Waals surface area contributed by atoms with Crippen LogP contribution in [0.15, 0.2) is 6.33 Å². The van der Waals surface area contributed by atoms with Crippen LogP contribution in [0.2, 0.25) is 0 Å². The predicted molar refractivity (Wildman–Crippen MR) is 93.3 cm³/mol. The van der Waals surface area contributed by atoms with Gasteiger partial charge >= 0.3 is 0 Å². The number of aliphatic hydroxyl groups is 1. The van der Waals surface area contributed by atoms with Crippen molar-refractivity contribution in [1.82, 2.24) is 19.5 Å². The van der Waals surface area contributed by atoms with E-state index in [1.165, 1.54) is 20.2 Å². The SMILES string of the molecule is CC[C@H]1O[C@@H](n2cnc3c(NC(C)=O)nc(NC(C)=O)nc32)C(C)[C@H]1O. The Morgan fingerprint density at radius 3 is 2.54 bits per heavy atom. The van der Waals surface area contributed by atoms with Gasteiger partial charge in [0.15, 0.2) is 17.0 Å². The molecule has 1 unspecified atom stereocenters. The maximum absolute atomic E-state index is 11.5. The largest absolute Gasteiger partial charge is 0.390 e. The van der Waals surface area contributed by atoms with Gasteiger partial charge in [-0.1, -0.05) is 13.8 Å². The molecule has 1 fully saturated rings. The molecule has 140 valence electrons. The fourth-order valence-corrected chi connectivity index (χ4v) is 3.12. The highest BCUT2D eigenvalue weighted by molar-refractivity contribution is 5.97. The van der Waals surface area contributed by atoms with E-state index in [9.17, 15) is 14.7 Å². The van der Waals surface area contributed by atoms with Crippen molar-refractivity contribution in [1.29, 1.82) is 0 Å². The van der Waals surface area contributed by atoms with Gasteiger partial charge in [-0.2, -0.15) is 9.97 Å². The average Bonchev–Trinajstić information content (AvgIpc) is 3.09. The van der Waals surface area contributed by atoms with Crippen LogP contribution in [-0.4, -0.2) is 48.6 Å². The summed E-state index contributed by atoms with van der Waals surface area (Å²) in [6, 6.07) is 0. The van der Waals surface area contributed by atoms with E-state index in [0.29, 0.717) is 17.6 Å². The van der Waals surface area contributed by atoms with Crippen LogP contribution in [0.4, 0.5) is 11.8 Å². The highest BCUT2D eigenvalue weighted by Gasteiger charge is 2.41. The number of imidazole rings is 1. The molecule has 2 amide bonds. The first kappa shape index (κ1) is 18.2. The second-order valence-electron chi connectivity index (χ2n) is 6.41. The van der Waals surface area contributed by atoms with Crippen molar-refractivity contribution in [3.05, 3.63) is 6.33 Å². The Balaban J connectivity index is 2.09. The first-order valence-corrected chi connectivity index (χ1v) is 8.45. The van der Waals surface area contributed by atoms with Gasteiger partial charge in [0, 0.05) is 19.8 Å². The minimum Gasteiger partial charge on any atom is -0.390 e. The third-order valence-corrected chi connectivity index (χ3v) is 4.36. The van der Waals surface area contributed by atoms with Crippen LogP contribution in [0.1, 0.15) is 40.3 Å². The summed E-state index contributed by atoms with van der Waals surface area (Å²) in [5.41, 5.74) is 0.771. The number of aliphatic hydroxyl groups excluding tert-OH is 1. The standard InChI is InChI=1S/C16H22N6O4/c1-5-10-12(25)7(2)15(26-10)22-6-17-11-13(18-8(3)23)20-16(19-9(4)24)21-14(11)22/h6-7,10,12,15,25H,5H2,1-4H3,(H2,18,19,20,21,23,24)/t7?,10-,12-,15-/m1/s1. The number of nitrogens with one attached hydrogen (secondary N) is 2. The van der Waals surface area contributed by atoms with E-state index in [2.05, 4.69) is 25.6 Å². The molecule has 2 aromatic heterocycles. The smallest absolute Gasteiger partial charge is 0.233 e. The zero-order valence-corrected chi connectivity index (χ0v) is 15.1. The van der Waals surface area contributed by atoms with E-state index in [4.69, 9.17) is 4.74 Å². The zero-order chi connectivity index (χ0) is 19.0. The lowest BCUT2D eigenvalue weighted by Crippen LogP contribution is -2.24. The van der Waals surface area contributed by atoms with Gasteiger partial charge in [-0.3, -0.25) is 19.5 Å². The molecule has 0 bridgehead atoms. The number of carbonyl (C=O) groups is 2. The summed E-state index contributed by atoms with van der Waals surface area (Å²) in [4.78, 5) is 35.6. The Labute approximate surface area is 150 Å². The Morgan fingerprint density at radius 2 is 1.96 bits per heavy atom. The van der Waals surface area contributed by atoms with Crippen molar-refractivity contribution >= 4 is 34.7 Å². The van der Waals surface area contributed by atoms with Gasteiger partial charge in [-0.05, 0) is 6.42 Å². The Bertz CT molecular complexity index is 851. The van der Waals surface area contributed by atoms with Crippen LogP contribution in [0.25, 0.3) is 11.2 Å². The number of amides is 2. The topological polar surface area (TPSA) is 131 Å². The lowest BCUT2D eigenvalue weighted by molar-refractivity contribution is -0.115. The van der Waals surface area contributed by atoms with Crippen molar-refractivity contribution in [3.63, 3.8) is 0 Å². The molecule has 1 aliphatic rings. The molecule has 0 saturated carbocycles. The molecule has 10 heteroatoms. The van der Waals surface area contributed by atoms with Crippen LogP contribution in [0.3, 0.4) is 0 Å². The molecule has 3 rings (SSSR count). The molecule has 26 heavy (non-hydrogen) atoms. The molecule has 10 nitrogen and oxygen atoms in total. The summed E-state index contributed by atoms with van der Waals surface area (Å²) in [5, 5.41) is 15.5. The molecule has 2 aromatic rings. The number of carbonyl (C=O) groups excluding carboxylic acids is 2. The number of anilines is 2. The lowest BCUT2D eigenvalue weighted by Gasteiger charge is -2.17. The second-order valence-corrected chi connectivity index (χ2v) is 6.41. The van der Waals surface area contributed by atoms with Gasteiger partial charge in [-0.25, -0.2) is 4.98 Å². The number of hydrogen-bond donors (Lipinski definition) is 3. The Morgan fingerprint density at radius 1 is 1.27 bits per heavy atom. The van der Waals surface area contributed by atoms with Gasteiger partial charge in [0.2, 0.25) is 17.8 Å². The van der Waals surface area contributed by atoms with E-state index in [0.717, 1.165) is 0 Å². The highest BCUT2D eigenvalue weighted by atomic mass is 16.5. The van der Waals surface area contributed by atoms with Crippen LogP contribution in [0, 0.1) is 5.92 Å². The van der Waals surface area contributed by atoms with Crippen LogP contribution < -0.4 is 10.6 Å². The summed E-state index contributed by atoms with van der Waals surface area (Å²) in [7, 11) is 0. The van der Waals surface area contributed by atoms with Crippen molar-refractivity contribution in [3.8, 4) is 0 Å². The van der Waals surface area contributed by atoms with E-state index in [1.54, 1.807) is 4.57 Å². The fraction of sp³-hybridized carbons (Fsp3) is 0.562. The first-order valence-electron chi connectivity index (χ1n) is 8.45. The monoisotopic (exact) mass is 362 g/mol. The van der Waals surface area contributed by atoms with Gasteiger partial charge in [0.25, 0.3) is 0 Å². The third-order valence-electron chi connectivity index (χ3n) is 4.36. The summed E-state index contributed by atoms with van der Waals surface area (Å²) in [6.07, 6.45) is 0.865. The summed E-state index contributed by atoms with van der Waals surface area (Å²) >= 11 is 0. The van der Waals surface area contributed by atoms with Gasteiger partial charge in [-0.15, -0.1) is 0 Å². The zero-order valence-electron chi connectivity index (χ0n) is 15.1. The summed E-state index contributed by atoms with van der Waals surface area (Å²) < 4.78 is 7.66. The van der Waals surface area contributed by atoms with E-state index in [-0.39, 0.29) is 35.6 Å². The average molecular weight is 362 g/mol. The van der Waals surface area contributed by atoms with Crippen LogP contribution in [-0.2, 0) is 14.3 Å². The van der Waals surface area contributed by atoms with Crippen molar-refractivity contribution in [2.75, 3.05) is 10.6 Å². The minimum absolute atomic E-state index is 0.0498. The van der Waals surface area contributed by atoms with Gasteiger partial charge < -0.3 is 15.2 Å². The molecule has 1 aliphatic heterocycles. The number of nitrogens with zero attached hydrogens (tertiary/aromatic N) is 4. The summed E-state index contributed by atoms with van der Waals surface area (Å²) in [5.74, 6) is -0.589. The molecule has 0 spiro atoms.